The van der Waals surface area contributed by atoms with E-state index in [0.29, 0.717) is 10.6 Å². The third kappa shape index (κ3) is 4.27. The molecule has 0 aliphatic carbocycles. The molecule has 1 aliphatic heterocycles. The summed E-state index contributed by atoms with van der Waals surface area (Å²) in [5.74, 6) is -1.56. The number of ether oxygens (including phenoxy) is 1. The van der Waals surface area contributed by atoms with Crippen molar-refractivity contribution in [2.75, 3.05) is 20.3 Å². The van der Waals surface area contributed by atoms with Crippen molar-refractivity contribution in [3.8, 4) is 0 Å². The summed E-state index contributed by atoms with van der Waals surface area (Å²) in [6.45, 7) is 6.88. The fourth-order valence-electron chi connectivity index (χ4n) is 3.58. The molecule has 3 rings (SSSR count). The summed E-state index contributed by atoms with van der Waals surface area (Å²) < 4.78 is 5.13. The summed E-state index contributed by atoms with van der Waals surface area (Å²) in [6.07, 6.45) is 0. The summed E-state index contributed by atoms with van der Waals surface area (Å²) >= 11 is 5.94. The van der Waals surface area contributed by atoms with Crippen LogP contribution in [0.4, 0.5) is 0 Å². The van der Waals surface area contributed by atoms with Crippen LogP contribution in [0.15, 0.2) is 54.1 Å². The van der Waals surface area contributed by atoms with E-state index in [1.807, 2.05) is 24.3 Å². The molecule has 6 heteroatoms. The van der Waals surface area contributed by atoms with Gasteiger partial charge in [-0.3, -0.25) is 9.59 Å². The van der Waals surface area contributed by atoms with Crippen LogP contribution in [0.3, 0.4) is 0 Å². The molecule has 0 aromatic heterocycles. The molecule has 2 aromatic rings. The van der Waals surface area contributed by atoms with Gasteiger partial charge in [-0.05, 0) is 40.8 Å². The second-order valence-electron chi connectivity index (χ2n) is 8.36. The van der Waals surface area contributed by atoms with Gasteiger partial charge < -0.3 is 14.7 Å². The summed E-state index contributed by atoms with van der Waals surface area (Å²) in [7, 11) is 1.54. The molecule has 158 valence electrons. The Hall–Kier alpha value is -2.63. The molecule has 0 bridgehead atoms. The zero-order chi connectivity index (χ0) is 22.1. The van der Waals surface area contributed by atoms with Crippen LogP contribution in [0.5, 0.6) is 0 Å². The Kier molecular flexibility index (Phi) is 6.34. The second kappa shape index (κ2) is 8.62. The Morgan fingerprint density at radius 1 is 1.07 bits per heavy atom. The first-order chi connectivity index (χ1) is 14.1. The van der Waals surface area contributed by atoms with Crippen LogP contribution in [-0.2, 0) is 19.7 Å². The van der Waals surface area contributed by atoms with Crippen molar-refractivity contribution in [3.63, 3.8) is 0 Å². The van der Waals surface area contributed by atoms with Gasteiger partial charge in [0.2, 0.25) is 0 Å². The highest BCUT2D eigenvalue weighted by atomic mass is 35.5. The first kappa shape index (κ1) is 22.1. The molecule has 0 saturated carbocycles. The number of benzene rings is 2. The fourth-order valence-corrected chi connectivity index (χ4v) is 3.70. The molecular weight excluding hydrogens is 402 g/mol. The molecule has 1 heterocycles. The minimum atomic E-state index is -0.705. The third-order valence-corrected chi connectivity index (χ3v) is 5.54. The van der Waals surface area contributed by atoms with Crippen molar-refractivity contribution < 1.29 is 19.4 Å². The van der Waals surface area contributed by atoms with Gasteiger partial charge >= 0.3 is 0 Å². The van der Waals surface area contributed by atoms with Crippen molar-refractivity contribution >= 4 is 29.1 Å². The monoisotopic (exact) mass is 427 g/mol. The Labute approximate surface area is 181 Å². The number of rotatable bonds is 5. The van der Waals surface area contributed by atoms with E-state index in [-0.39, 0.29) is 29.9 Å². The number of likely N-dealkylation sites (tertiary alicyclic amines) is 1. The number of amides is 1. The lowest BCUT2D eigenvalue weighted by atomic mass is 9.85. The summed E-state index contributed by atoms with van der Waals surface area (Å²) in [5, 5.41) is 11.5. The lowest BCUT2D eigenvalue weighted by Gasteiger charge is -2.26. The fraction of sp³-hybridized carbons (Fsp3) is 0.333. The first-order valence-corrected chi connectivity index (χ1v) is 10.2. The number of hydrogen-bond donors (Lipinski definition) is 1. The van der Waals surface area contributed by atoms with Crippen molar-refractivity contribution in [2.45, 2.75) is 32.2 Å². The standard InChI is InChI=1S/C24H26ClNO4/c1-24(2,3)17-9-5-15(6-10-17)20-19(21(27)16-7-11-18(25)12-8-16)22(28)23(29)26(20)13-14-30-4/h5-12,20,27H,13-14H2,1-4H3/b21-19+/t20-/m0/s1. The maximum Gasteiger partial charge on any atom is 0.295 e. The summed E-state index contributed by atoms with van der Waals surface area (Å²) in [5.41, 5.74) is 2.37. The van der Waals surface area contributed by atoms with Gasteiger partial charge in [0.25, 0.3) is 11.7 Å². The molecule has 1 amide bonds. The van der Waals surface area contributed by atoms with Crippen molar-refractivity contribution in [2.24, 2.45) is 0 Å². The van der Waals surface area contributed by atoms with Gasteiger partial charge in [-0.25, -0.2) is 0 Å². The average molecular weight is 428 g/mol. The minimum absolute atomic E-state index is 0.0281. The predicted octanol–water partition coefficient (Wildman–Crippen LogP) is 4.71. The van der Waals surface area contributed by atoms with E-state index >= 15 is 0 Å². The van der Waals surface area contributed by atoms with Crippen LogP contribution in [0.25, 0.3) is 5.76 Å². The van der Waals surface area contributed by atoms with Gasteiger partial charge in [0.15, 0.2) is 0 Å². The lowest BCUT2D eigenvalue weighted by Crippen LogP contribution is -2.32. The van der Waals surface area contributed by atoms with Crippen molar-refractivity contribution in [1.29, 1.82) is 0 Å². The number of hydrogen-bond acceptors (Lipinski definition) is 4. The smallest absolute Gasteiger partial charge is 0.295 e. The Morgan fingerprint density at radius 2 is 1.67 bits per heavy atom. The van der Waals surface area contributed by atoms with Crippen molar-refractivity contribution in [1.82, 2.24) is 4.90 Å². The van der Waals surface area contributed by atoms with Crippen LogP contribution >= 0.6 is 11.6 Å². The molecule has 1 N–H and O–H groups in total. The van der Waals surface area contributed by atoms with E-state index in [1.165, 1.54) is 12.0 Å². The van der Waals surface area contributed by atoms with Gasteiger partial charge in [-0.1, -0.05) is 56.6 Å². The molecule has 0 unspecified atom stereocenters. The van der Waals surface area contributed by atoms with E-state index in [9.17, 15) is 14.7 Å². The zero-order valence-electron chi connectivity index (χ0n) is 17.6. The number of methoxy groups -OCH3 is 1. The summed E-state index contributed by atoms with van der Waals surface area (Å²) in [6, 6.07) is 13.6. The molecule has 0 radical (unpaired) electrons. The van der Waals surface area contributed by atoms with Crippen LogP contribution in [0.1, 0.15) is 43.5 Å². The quantitative estimate of drug-likeness (QED) is 0.426. The second-order valence-corrected chi connectivity index (χ2v) is 8.80. The van der Waals surface area contributed by atoms with E-state index in [2.05, 4.69) is 20.8 Å². The normalized spacial score (nSPS) is 18.8. The lowest BCUT2D eigenvalue weighted by molar-refractivity contribution is -0.140. The van der Waals surface area contributed by atoms with Gasteiger partial charge in [-0.15, -0.1) is 0 Å². The number of aliphatic hydroxyl groups excluding tert-OH is 1. The minimum Gasteiger partial charge on any atom is -0.507 e. The first-order valence-electron chi connectivity index (χ1n) is 9.79. The van der Waals surface area contributed by atoms with Crippen LogP contribution in [0.2, 0.25) is 5.02 Å². The van der Waals surface area contributed by atoms with Crippen LogP contribution in [0, 0.1) is 0 Å². The Morgan fingerprint density at radius 3 is 2.20 bits per heavy atom. The van der Waals surface area contributed by atoms with Gasteiger partial charge in [0.1, 0.15) is 5.76 Å². The largest absolute Gasteiger partial charge is 0.507 e. The Bertz CT molecular complexity index is 972. The molecule has 5 nitrogen and oxygen atoms in total. The molecule has 1 atom stereocenters. The van der Waals surface area contributed by atoms with Gasteiger partial charge in [0.05, 0.1) is 18.2 Å². The highest BCUT2D eigenvalue weighted by Gasteiger charge is 2.45. The number of carbonyl (C=O) groups excluding carboxylic acids is 2. The van der Waals surface area contributed by atoms with E-state index in [4.69, 9.17) is 16.3 Å². The molecule has 30 heavy (non-hydrogen) atoms. The highest BCUT2D eigenvalue weighted by Crippen LogP contribution is 2.39. The number of carbonyl (C=O) groups is 2. The van der Waals surface area contributed by atoms with Crippen molar-refractivity contribution in [3.05, 3.63) is 75.8 Å². The molecule has 1 fully saturated rings. The molecule has 1 aliphatic rings. The summed E-state index contributed by atoms with van der Waals surface area (Å²) in [4.78, 5) is 27.1. The maximum atomic E-state index is 12.9. The van der Waals surface area contributed by atoms with Crippen LogP contribution < -0.4 is 0 Å². The van der Waals surface area contributed by atoms with E-state index < -0.39 is 17.7 Å². The molecular formula is C24H26ClNO4. The predicted molar refractivity (Wildman–Crippen MR) is 117 cm³/mol. The number of nitrogens with zero attached hydrogens (tertiary/aromatic N) is 1. The number of ketones is 1. The Balaban J connectivity index is 2.13. The SMILES string of the molecule is COCCN1C(=O)C(=O)/C(=C(/O)c2ccc(Cl)cc2)[C@@H]1c1ccc(C(C)(C)C)cc1. The maximum absolute atomic E-state index is 12.9. The zero-order valence-corrected chi connectivity index (χ0v) is 18.4. The van der Waals surface area contributed by atoms with E-state index in [1.54, 1.807) is 24.3 Å². The van der Waals surface area contributed by atoms with Gasteiger partial charge in [-0.2, -0.15) is 0 Å². The molecule has 2 aromatic carbocycles. The van der Waals surface area contributed by atoms with Gasteiger partial charge in [0, 0.05) is 24.2 Å². The topological polar surface area (TPSA) is 66.8 Å². The van der Waals surface area contributed by atoms with Crippen LogP contribution in [-0.4, -0.2) is 42.0 Å². The molecule has 1 saturated heterocycles. The third-order valence-electron chi connectivity index (χ3n) is 5.29. The number of aliphatic hydroxyl groups is 1. The molecule has 0 spiro atoms. The average Bonchev–Trinajstić information content (AvgIpc) is 2.96. The van der Waals surface area contributed by atoms with E-state index in [0.717, 1.165) is 11.1 Å². The number of halogens is 1. The highest BCUT2D eigenvalue weighted by molar-refractivity contribution is 6.46. The number of Topliss-reactive ketones (excluding diaryl/α,β-unsaturated/α-hetero) is 1.